The summed E-state index contributed by atoms with van der Waals surface area (Å²) in [5.74, 6) is 0.0135. The first-order chi connectivity index (χ1) is 6.70. The molecule has 1 aromatic heterocycles. The summed E-state index contributed by atoms with van der Waals surface area (Å²) in [4.78, 5) is 23.5. The Balaban J connectivity index is 2.61. The van der Waals surface area contributed by atoms with Crippen molar-refractivity contribution in [2.24, 2.45) is 4.99 Å². The number of carbonyl (C=O) groups excluding carboxylic acids is 1. The quantitative estimate of drug-likeness (QED) is 0.670. The van der Waals surface area contributed by atoms with E-state index in [1.54, 1.807) is 6.21 Å². The van der Waals surface area contributed by atoms with Gasteiger partial charge in [-0.2, -0.15) is 0 Å². The lowest BCUT2D eigenvalue weighted by Gasteiger charge is -2.13. The second-order valence-corrected chi connectivity index (χ2v) is 3.56. The number of fused-ring (bicyclic) bond motifs is 1. The zero-order chi connectivity index (χ0) is 10.1. The standard InChI is InChI=1S/C10H11N3O/c1-6(2)9-8-7(12-5-13-9)3-4-11-10(8)14/h4-6H,3H2,1-2H3. The number of aromatic nitrogens is 2. The molecule has 1 aliphatic heterocycles. The van der Waals surface area contributed by atoms with Crippen molar-refractivity contribution in [3.8, 4) is 0 Å². The SMILES string of the molecule is CC(C)c1ncnc2c1C(=O)N=CC2. The molecule has 0 N–H and O–H groups in total. The van der Waals surface area contributed by atoms with Crippen LogP contribution in [0.15, 0.2) is 11.3 Å². The lowest BCUT2D eigenvalue weighted by molar-refractivity contribution is 0.0998. The Hall–Kier alpha value is -1.58. The van der Waals surface area contributed by atoms with Gasteiger partial charge in [-0.25, -0.2) is 15.0 Å². The van der Waals surface area contributed by atoms with Gasteiger partial charge in [-0.1, -0.05) is 13.8 Å². The van der Waals surface area contributed by atoms with Crippen LogP contribution in [0.5, 0.6) is 0 Å². The van der Waals surface area contributed by atoms with E-state index in [2.05, 4.69) is 15.0 Å². The van der Waals surface area contributed by atoms with Gasteiger partial charge < -0.3 is 0 Å². The van der Waals surface area contributed by atoms with Crippen LogP contribution in [0.3, 0.4) is 0 Å². The van der Waals surface area contributed by atoms with E-state index in [1.807, 2.05) is 13.8 Å². The molecule has 0 aliphatic carbocycles. The highest BCUT2D eigenvalue weighted by atomic mass is 16.1. The maximum absolute atomic E-state index is 11.5. The molecule has 0 saturated heterocycles. The Morgan fingerprint density at radius 2 is 2.14 bits per heavy atom. The molecule has 2 heterocycles. The third-order valence-corrected chi connectivity index (χ3v) is 2.21. The van der Waals surface area contributed by atoms with Crippen molar-refractivity contribution in [1.29, 1.82) is 0 Å². The van der Waals surface area contributed by atoms with Crippen LogP contribution in [0.4, 0.5) is 0 Å². The van der Waals surface area contributed by atoms with E-state index in [4.69, 9.17) is 0 Å². The molecule has 2 rings (SSSR count). The van der Waals surface area contributed by atoms with Gasteiger partial charge in [-0.05, 0) is 5.92 Å². The monoisotopic (exact) mass is 189 g/mol. The highest BCUT2D eigenvalue weighted by Crippen LogP contribution is 2.21. The molecule has 0 atom stereocenters. The van der Waals surface area contributed by atoms with Crippen LogP contribution in [-0.2, 0) is 6.42 Å². The highest BCUT2D eigenvalue weighted by Gasteiger charge is 2.21. The highest BCUT2D eigenvalue weighted by molar-refractivity contribution is 6.03. The van der Waals surface area contributed by atoms with Gasteiger partial charge in [0.2, 0.25) is 0 Å². The van der Waals surface area contributed by atoms with E-state index in [9.17, 15) is 4.79 Å². The molecule has 0 saturated carbocycles. The predicted octanol–water partition coefficient (Wildman–Crippen LogP) is 1.37. The first-order valence-corrected chi connectivity index (χ1v) is 4.60. The fourth-order valence-corrected chi connectivity index (χ4v) is 1.54. The Labute approximate surface area is 82.1 Å². The molecule has 1 aromatic rings. The topological polar surface area (TPSA) is 55.2 Å². The molecule has 1 amide bonds. The Bertz CT molecular complexity index is 410. The van der Waals surface area contributed by atoms with Crippen molar-refractivity contribution in [2.75, 3.05) is 0 Å². The smallest absolute Gasteiger partial charge is 0.267 e. The van der Waals surface area contributed by atoms with Crippen LogP contribution in [0.1, 0.15) is 41.5 Å². The first kappa shape index (κ1) is 8.99. The van der Waals surface area contributed by atoms with Crippen molar-refractivity contribution in [2.45, 2.75) is 26.2 Å². The molecule has 4 nitrogen and oxygen atoms in total. The number of hydrogen-bond acceptors (Lipinski definition) is 3. The predicted molar refractivity (Wildman–Crippen MR) is 52.6 cm³/mol. The second-order valence-electron chi connectivity index (χ2n) is 3.56. The van der Waals surface area contributed by atoms with Gasteiger partial charge in [0.1, 0.15) is 6.33 Å². The van der Waals surface area contributed by atoms with E-state index in [-0.39, 0.29) is 11.8 Å². The third kappa shape index (κ3) is 1.32. The zero-order valence-corrected chi connectivity index (χ0v) is 8.19. The van der Waals surface area contributed by atoms with Gasteiger partial charge >= 0.3 is 0 Å². The van der Waals surface area contributed by atoms with Crippen LogP contribution in [0, 0.1) is 0 Å². The van der Waals surface area contributed by atoms with Gasteiger partial charge in [0, 0.05) is 12.6 Å². The molecule has 14 heavy (non-hydrogen) atoms. The maximum Gasteiger partial charge on any atom is 0.280 e. The van der Waals surface area contributed by atoms with Gasteiger partial charge in [0.25, 0.3) is 5.91 Å². The van der Waals surface area contributed by atoms with E-state index in [0.717, 1.165) is 11.4 Å². The van der Waals surface area contributed by atoms with Gasteiger partial charge in [0.15, 0.2) is 0 Å². The second kappa shape index (κ2) is 3.29. The fourth-order valence-electron chi connectivity index (χ4n) is 1.54. The minimum absolute atomic E-state index is 0.212. The summed E-state index contributed by atoms with van der Waals surface area (Å²) < 4.78 is 0. The zero-order valence-electron chi connectivity index (χ0n) is 8.19. The molecular formula is C10H11N3O. The van der Waals surface area contributed by atoms with Crippen molar-refractivity contribution < 1.29 is 4.79 Å². The summed E-state index contributed by atoms with van der Waals surface area (Å²) in [6, 6.07) is 0. The maximum atomic E-state index is 11.5. The van der Waals surface area contributed by atoms with Crippen LogP contribution in [0.25, 0.3) is 0 Å². The number of carbonyl (C=O) groups is 1. The molecule has 0 unspecified atom stereocenters. The molecule has 0 fully saturated rings. The third-order valence-electron chi connectivity index (χ3n) is 2.21. The average molecular weight is 189 g/mol. The van der Waals surface area contributed by atoms with Crippen molar-refractivity contribution in [3.63, 3.8) is 0 Å². The summed E-state index contributed by atoms with van der Waals surface area (Å²) in [5.41, 5.74) is 2.20. The van der Waals surface area contributed by atoms with E-state index < -0.39 is 0 Å². The number of nitrogens with zero attached hydrogens (tertiary/aromatic N) is 3. The number of hydrogen-bond donors (Lipinski definition) is 0. The van der Waals surface area contributed by atoms with Gasteiger partial charge in [-0.3, -0.25) is 4.79 Å². The van der Waals surface area contributed by atoms with Gasteiger partial charge in [-0.15, -0.1) is 0 Å². The Morgan fingerprint density at radius 1 is 1.36 bits per heavy atom. The van der Waals surface area contributed by atoms with E-state index in [0.29, 0.717) is 12.0 Å². The Morgan fingerprint density at radius 3 is 2.86 bits per heavy atom. The van der Waals surface area contributed by atoms with Crippen LogP contribution in [0.2, 0.25) is 0 Å². The summed E-state index contributed by atoms with van der Waals surface area (Å²) in [5, 5.41) is 0. The summed E-state index contributed by atoms with van der Waals surface area (Å²) in [7, 11) is 0. The summed E-state index contributed by atoms with van der Waals surface area (Å²) >= 11 is 0. The van der Waals surface area contributed by atoms with Crippen LogP contribution >= 0.6 is 0 Å². The Kier molecular flexibility index (Phi) is 2.11. The van der Waals surface area contributed by atoms with E-state index >= 15 is 0 Å². The van der Waals surface area contributed by atoms with Crippen molar-refractivity contribution in [3.05, 3.63) is 23.3 Å². The number of aliphatic imine (C=N–C) groups is 1. The lowest BCUT2D eigenvalue weighted by atomic mass is 9.99. The number of amides is 1. The largest absolute Gasteiger partial charge is 0.280 e. The van der Waals surface area contributed by atoms with Crippen LogP contribution in [-0.4, -0.2) is 22.1 Å². The van der Waals surface area contributed by atoms with Crippen molar-refractivity contribution in [1.82, 2.24) is 9.97 Å². The first-order valence-electron chi connectivity index (χ1n) is 4.60. The molecule has 1 aliphatic rings. The molecule has 72 valence electrons. The normalized spacial score (nSPS) is 14.6. The average Bonchev–Trinajstić information content (AvgIpc) is 2.17. The summed E-state index contributed by atoms with van der Waals surface area (Å²) in [6.45, 7) is 4.02. The lowest BCUT2D eigenvalue weighted by Crippen LogP contribution is -2.15. The summed E-state index contributed by atoms with van der Waals surface area (Å²) in [6.07, 6.45) is 3.74. The van der Waals surface area contributed by atoms with Crippen molar-refractivity contribution >= 4 is 12.1 Å². The number of rotatable bonds is 1. The minimum Gasteiger partial charge on any atom is -0.267 e. The van der Waals surface area contributed by atoms with E-state index in [1.165, 1.54) is 6.33 Å². The minimum atomic E-state index is -0.212. The van der Waals surface area contributed by atoms with Crippen LogP contribution < -0.4 is 0 Å². The fraction of sp³-hybridized carbons (Fsp3) is 0.400. The van der Waals surface area contributed by atoms with Gasteiger partial charge in [0.05, 0.1) is 17.0 Å². The molecular weight excluding hydrogens is 178 g/mol. The molecule has 0 spiro atoms. The molecule has 0 bridgehead atoms. The molecule has 0 radical (unpaired) electrons. The molecule has 0 aromatic carbocycles. The molecule has 4 heteroatoms.